The minimum Gasteiger partial charge on any atom is -0.381 e. The second kappa shape index (κ2) is 4.07. The molecule has 0 fully saturated rings. The molecule has 0 aliphatic carbocycles. The fourth-order valence-corrected chi connectivity index (χ4v) is 1.56. The van der Waals surface area contributed by atoms with E-state index < -0.39 is 0 Å². The van der Waals surface area contributed by atoms with E-state index in [9.17, 15) is 0 Å². The van der Waals surface area contributed by atoms with Gasteiger partial charge in [0.2, 0.25) is 0 Å². The summed E-state index contributed by atoms with van der Waals surface area (Å²) in [7, 11) is 0. The third kappa shape index (κ3) is 1.89. The second-order valence-corrected chi connectivity index (χ2v) is 3.74. The van der Waals surface area contributed by atoms with E-state index in [1.807, 2.05) is 31.2 Å². The predicted molar refractivity (Wildman–Crippen MR) is 61.7 cm³/mol. The fraction of sp³-hybridized carbons (Fsp3) is 0.167. The topological polar surface area (TPSA) is 78.5 Å². The summed E-state index contributed by atoms with van der Waals surface area (Å²) in [6.45, 7) is 2.04. The minimum atomic E-state index is 0.268. The van der Waals surface area contributed by atoms with Gasteiger partial charge in [0, 0.05) is 6.42 Å². The van der Waals surface area contributed by atoms with E-state index in [0.29, 0.717) is 12.0 Å². The first-order valence-corrected chi connectivity index (χ1v) is 4.99. The second-order valence-electron chi connectivity index (χ2n) is 3.74. The van der Waals surface area contributed by atoms with Gasteiger partial charge in [-0.2, -0.15) is 10.4 Å². The third-order valence-corrected chi connectivity index (χ3v) is 2.48. The lowest BCUT2D eigenvalue weighted by atomic mass is 10.1. The maximum atomic E-state index is 8.92. The highest BCUT2D eigenvalue weighted by molar-refractivity contribution is 5.51. The van der Waals surface area contributed by atoms with Crippen LogP contribution in [0.5, 0.6) is 0 Å². The largest absolute Gasteiger partial charge is 0.381 e. The third-order valence-electron chi connectivity index (χ3n) is 2.48. The normalized spacial score (nSPS) is 10.0. The van der Waals surface area contributed by atoms with Crippen LogP contribution in [0.25, 0.3) is 0 Å². The van der Waals surface area contributed by atoms with Crippen molar-refractivity contribution in [1.29, 1.82) is 5.26 Å². The predicted octanol–water partition coefficient (Wildman–Crippen LogP) is 1.76. The summed E-state index contributed by atoms with van der Waals surface area (Å²) in [5.41, 5.74) is 9.12. The molecular weight excluding hydrogens is 200 g/mol. The Morgan fingerprint density at radius 3 is 2.69 bits per heavy atom. The van der Waals surface area contributed by atoms with E-state index in [-0.39, 0.29) is 5.82 Å². The van der Waals surface area contributed by atoms with Crippen molar-refractivity contribution in [3.63, 3.8) is 0 Å². The monoisotopic (exact) mass is 212 g/mol. The number of nitriles is 1. The summed E-state index contributed by atoms with van der Waals surface area (Å²) < 4.78 is 0. The number of nitrogens with zero attached hydrogens (tertiary/aromatic N) is 2. The van der Waals surface area contributed by atoms with Gasteiger partial charge in [-0.05, 0) is 12.5 Å². The molecule has 0 saturated heterocycles. The highest BCUT2D eigenvalue weighted by Gasteiger charge is 2.10. The molecule has 1 heterocycles. The fourth-order valence-electron chi connectivity index (χ4n) is 1.56. The number of hydrogen-bond acceptors (Lipinski definition) is 3. The van der Waals surface area contributed by atoms with Crippen LogP contribution in [0.3, 0.4) is 0 Å². The van der Waals surface area contributed by atoms with Crippen molar-refractivity contribution in [3.8, 4) is 6.07 Å². The van der Waals surface area contributed by atoms with Gasteiger partial charge in [0.25, 0.3) is 0 Å². The Morgan fingerprint density at radius 2 is 2.06 bits per heavy atom. The molecule has 0 radical (unpaired) electrons. The Kier molecular flexibility index (Phi) is 2.61. The summed E-state index contributed by atoms with van der Waals surface area (Å²) >= 11 is 0. The average molecular weight is 212 g/mol. The molecule has 4 heteroatoms. The van der Waals surface area contributed by atoms with E-state index in [0.717, 1.165) is 11.3 Å². The van der Waals surface area contributed by atoms with E-state index >= 15 is 0 Å². The zero-order chi connectivity index (χ0) is 11.5. The van der Waals surface area contributed by atoms with Crippen LogP contribution >= 0.6 is 0 Å². The summed E-state index contributed by atoms with van der Waals surface area (Å²) in [5, 5.41) is 15.5. The van der Waals surface area contributed by atoms with E-state index in [1.165, 1.54) is 5.56 Å². The van der Waals surface area contributed by atoms with Crippen molar-refractivity contribution >= 4 is 5.82 Å². The molecule has 2 rings (SSSR count). The van der Waals surface area contributed by atoms with Crippen LogP contribution in [0.2, 0.25) is 0 Å². The molecule has 1 aromatic carbocycles. The molecule has 1 aromatic heterocycles. The quantitative estimate of drug-likeness (QED) is 0.796. The Bertz CT molecular complexity index is 531. The number of aryl methyl sites for hydroxylation is 1. The van der Waals surface area contributed by atoms with Gasteiger partial charge in [0.1, 0.15) is 11.6 Å². The molecule has 2 aromatic rings. The van der Waals surface area contributed by atoms with Crippen LogP contribution in [0.4, 0.5) is 5.82 Å². The standard InChI is InChI=1S/C12H12N4/c1-8-2-4-9(5-3-8)6-11-10(7-13)12(14)16-15-11/h2-5H,6H2,1H3,(H3,14,15,16). The van der Waals surface area contributed by atoms with Gasteiger partial charge < -0.3 is 5.73 Å². The molecule has 0 amide bonds. The number of nitrogen functional groups attached to an aromatic ring is 1. The molecule has 0 aliphatic heterocycles. The first kappa shape index (κ1) is 10.2. The first-order valence-electron chi connectivity index (χ1n) is 4.99. The number of nitrogens with two attached hydrogens (primary N) is 1. The number of nitrogens with one attached hydrogen (secondary N) is 1. The number of benzene rings is 1. The van der Waals surface area contributed by atoms with Crippen molar-refractivity contribution in [2.75, 3.05) is 5.73 Å². The van der Waals surface area contributed by atoms with E-state index in [1.54, 1.807) is 0 Å². The van der Waals surface area contributed by atoms with Crippen LogP contribution < -0.4 is 5.73 Å². The lowest BCUT2D eigenvalue weighted by Crippen LogP contribution is -1.93. The molecular formula is C12H12N4. The smallest absolute Gasteiger partial charge is 0.163 e. The highest BCUT2D eigenvalue weighted by Crippen LogP contribution is 2.16. The number of anilines is 1. The minimum absolute atomic E-state index is 0.268. The zero-order valence-corrected chi connectivity index (χ0v) is 8.99. The van der Waals surface area contributed by atoms with Gasteiger partial charge >= 0.3 is 0 Å². The molecule has 0 spiro atoms. The van der Waals surface area contributed by atoms with E-state index in [2.05, 4.69) is 16.3 Å². The van der Waals surface area contributed by atoms with Gasteiger partial charge in [0.15, 0.2) is 5.82 Å². The maximum absolute atomic E-state index is 8.92. The summed E-state index contributed by atoms with van der Waals surface area (Å²) in [6, 6.07) is 10.2. The van der Waals surface area contributed by atoms with Crippen molar-refractivity contribution in [2.45, 2.75) is 13.3 Å². The Labute approximate surface area is 93.7 Å². The van der Waals surface area contributed by atoms with Crippen LogP contribution in [-0.2, 0) is 6.42 Å². The molecule has 4 nitrogen and oxygen atoms in total. The van der Waals surface area contributed by atoms with Crippen LogP contribution in [-0.4, -0.2) is 10.2 Å². The number of hydrogen-bond donors (Lipinski definition) is 2. The van der Waals surface area contributed by atoms with Crippen molar-refractivity contribution < 1.29 is 0 Å². The van der Waals surface area contributed by atoms with E-state index in [4.69, 9.17) is 11.0 Å². The van der Waals surface area contributed by atoms with Crippen molar-refractivity contribution in [3.05, 3.63) is 46.6 Å². The Hall–Kier alpha value is -2.28. The average Bonchev–Trinajstić information content (AvgIpc) is 2.63. The summed E-state index contributed by atoms with van der Waals surface area (Å²) in [6.07, 6.45) is 0.646. The lowest BCUT2D eigenvalue weighted by Gasteiger charge is -2.00. The lowest BCUT2D eigenvalue weighted by molar-refractivity contribution is 0.997. The van der Waals surface area contributed by atoms with Crippen molar-refractivity contribution in [2.24, 2.45) is 0 Å². The first-order chi connectivity index (χ1) is 7.70. The van der Waals surface area contributed by atoms with Crippen LogP contribution in [0.1, 0.15) is 22.4 Å². The molecule has 0 bridgehead atoms. The molecule has 0 atom stereocenters. The molecule has 16 heavy (non-hydrogen) atoms. The van der Waals surface area contributed by atoms with Gasteiger partial charge in [0.05, 0.1) is 5.69 Å². The SMILES string of the molecule is Cc1ccc(Cc2[nH]nc(N)c2C#N)cc1. The van der Waals surface area contributed by atoms with Gasteiger partial charge in [-0.3, -0.25) is 5.10 Å². The number of aromatic amines is 1. The highest BCUT2D eigenvalue weighted by atomic mass is 15.2. The Balaban J connectivity index is 2.27. The molecule has 0 aliphatic rings. The van der Waals surface area contributed by atoms with Crippen molar-refractivity contribution in [1.82, 2.24) is 10.2 Å². The van der Waals surface area contributed by atoms with Gasteiger partial charge in [-0.15, -0.1) is 0 Å². The number of H-pyrrole nitrogens is 1. The number of rotatable bonds is 2. The summed E-state index contributed by atoms with van der Waals surface area (Å²) in [5.74, 6) is 0.268. The van der Waals surface area contributed by atoms with Crippen LogP contribution in [0.15, 0.2) is 24.3 Å². The maximum Gasteiger partial charge on any atom is 0.163 e. The van der Waals surface area contributed by atoms with Gasteiger partial charge in [-0.25, -0.2) is 0 Å². The Morgan fingerprint density at radius 1 is 1.38 bits per heavy atom. The molecule has 3 N–H and O–H groups in total. The molecule has 0 saturated carbocycles. The molecule has 80 valence electrons. The summed E-state index contributed by atoms with van der Waals surface area (Å²) in [4.78, 5) is 0. The molecule has 0 unspecified atom stereocenters. The zero-order valence-electron chi connectivity index (χ0n) is 8.99. The van der Waals surface area contributed by atoms with Gasteiger partial charge in [-0.1, -0.05) is 29.8 Å². The number of aromatic nitrogens is 2. The van der Waals surface area contributed by atoms with Crippen LogP contribution in [0, 0.1) is 18.3 Å².